The maximum absolute atomic E-state index is 9.44. The van der Waals surface area contributed by atoms with Gasteiger partial charge in [-0.25, -0.2) is 0 Å². The van der Waals surface area contributed by atoms with Crippen LogP contribution in [0.5, 0.6) is 0 Å². The zero-order valence-corrected chi connectivity index (χ0v) is 11.2. The highest BCUT2D eigenvalue weighted by atomic mass is 28.3. The van der Waals surface area contributed by atoms with Gasteiger partial charge in [-0.2, -0.15) is 0 Å². The van der Waals surface area contributed by atoms with E-state index >= 15 is 0 Å². The fourth-order valence-corrected chi connectivity index (χ4v) is 4.86. The largest absolute Gasteiger partial charge is 0.392 e. The van der Waals surface area contributed by atoms with E-state index in [0.29, 0.717) is 0 Å². The van der Waals surface area contributed by atoms with Crippen molar-refractivity contribution in [2.75, 3.05) is 0 Å². The average molecular weight is 243 g/mol. The topological polar surface area (TPSA) is 33.1 Å². The number of pyridine rings is 1. The van der Waals surface area contributed by atoms with Crippen molar-refractivity contribution in [3.05, 3.63) is 54.4 Å². The molecule has 88 valence electrons. The van der Waals surface area contributed by atoms with Crippen molar-refractivity contribution in [1.29, 1.82) is 0 Å². The van der Waals surface area contributed by atoms with Crippen LogP contribution in [0.25, 0.3) is 0 Å². The maximum atomic E-state index is 9.44. The van der Waals surface area contributed by atoms with Gasteiger partial charge in [-0.1, -0.05) is 43.4 Å². The van der Waals surface area contributed by atoms with Crippen molar-refractivity contribution < 1.29 is 5.11 Å². The Labute approximate surface area is 103 Å². The lowest BCUT2D eigenvalue weighted by Gasteiger charge is -2.25. The molecule has 0 amide bonds. The van der Waals surface area contributed by atoms with Crippen LogP contribution >= 0.6 is 0 Å². The van der Waals surface area contributed by atoms with Crippen molar-refractivity contribution in [3.63, 3.8) is 0 Å². The second-order valence-corrected chi connectivity index (χ2v) is 9.05. The van der Waals surface area contributed by atoms with Crippen LogP contribution in [0.3, 0.4) is 0 Å². The highest BCUT2D eigenvalue weighted by Crippen LogP contribution is 2.08. The van der Waals surface area contributed by atoms with Crippen LogP contribution in [0.2, 0.25) is 13.1 Å². The molecule has 0 unspecified atom stereocenters. The summed E-state index contributed by atoms with van der Waals surface area (Å²) in [5.74, 6) is 0. The minimum atomic E-state index is -1.74. The Hall–Kier alpha value is -1.45. The Kier molecular flexibility index (Phi) is 3.40. The number of rotatable bonds is 3. The Bertz CT molecular complexity index is 497. The molecule has 0 bridgehead atoms. The number of hydrogen-bond donors (Lipinski definition) is 1. The van der Waals surface area contributed by atoms with Gasteiger partial charge in [-0.15, -0.1) is 0 Å². The quantitative estimate of drug-likeness (QED) is 0.827. The molecule has 3 heteroatoms. The lowest BCUT2D eigenvalue weighted by atomic mass is 10.2. The summed E-state index contributed by atoms with van der Waals surface area (Å²) >= 11 is 0. The van der Waals surface area contributed by atoms with Crippen molar-refractivity contribution in [2.45, 2.75) is 19.7 Å². The number of aliphatic hydroxyl groups is 1. The molecule has 1 aromatic heterocycles. The van der Waals surface area contributed by atoms with Gasteiger partial charge >= 0.3 is 0 Å². The first-order chi connectivity index (χ1) is 8.16. The first-order valence-corrected chi connectivity index (χ1v) is 8.76. The normalized spacial score (nSPS) is 11.5. The number of nitrogens with zero attached hydrogens (tertiary/aromatic N) is 1. The Morgan fingerprint density at radius 3 is 2.53 bits per heavy atom. The lowest BCUT2D eigenvalue weighted by Crippen LogP contribution is -2.54. The molecule has 1 heterocycles. The summed E-state index contributed by atoms with van der Waals surface area (Å²) in [6.07, 6.45) is 3.74. The van der Waals surface area contributed by atoms with Gasteiger partial charge in [-0.05, 0) is 22.0 Å². The summed E-state index contributed by atoms with van der Waals surface area (Å²) in [5.41, 5.74) is 1.04. The Morgan fingerprint density at radius 1 is 1.12 bits per heavy atom. The van der Waals surface area contributed by atoms with E-state index in [-0.39, 0.29) is 6.61 Å². The van der Waals surface area contributed by atoms with Crippen molar-refractivity contribution in [1.82, 2.24) is 4.98 Å². The fraction of sp³-hybridized carbons (Fsp3) is 0.214. The van der Waals surface area contributed by atoms with Crippen LogP contribution in [-0.2, 0) is 6.61 Å². The van der Waals surface area contributed by atoms with Crippen LogP contribution in [0.1, 0.15) is 5.56 Å². The van der Waals surface area contributed by atoms with Crippen LogP contribution in [0.15, 0.2) is 48.8 Å². The highest BCUT2D eigenvalue weighted by molar-refractivity contribution is 7.00. The molecule has 0 radical (unpaired) electrons. The van der Waals surface area contributed by atoms with Crippen molar-refractivity contribution >= 4 is 18.4 Å². The molecule has 0 atom stereocenters. The van der Waals surface area contributed by atoms with Gasteiger partial charge in [0.05, 0.1) is 6.61 Å². The Morgan fingerprint density at radius 2 is 1.88 bits per heavy atom. The summed E-state index contributed by atoms with van der Waals surface area (Å²) < 4.78 is 0. The smallest absolute Gasteiger partial charge is 0.114 e. The summed E-state index contributed by atoms with van der Waals surface area (Å²) in [5, 5.41) is 12.0. The molecule has 1 aromatic carbocycles. The highest BCUT2D eigenvalue weighted by Gasteiger charge is 2.27. The van der Waals surface area contributed by atoms with E-state index in [0.717, 1.165) is 5.56 Å². The first-order valence-electron chi connectivity index (χ1n) is 5.76. The SMILES string of the molecule is C[Si](C)(c1cccnc1)c1ccccc1CO. The van der Waals surface area contributed by atoms with E-state index in [9.17, 15) is 5.11 Å². The second-order valence-electron chi connectivity index (χ2n) is 4.68. The monoisotopic (exact) mass is 243 g/mol. The average Bonchev–Trinajstić information content (AvgIpc) is 2.39. The van der Waals surface area contributed by atoms with Crippen molar-refractivity contribution in [2.24, 2.45) is 0 Å². The van der Waals surface area contributed by atoms with E-state index in [1.807, 2.05) is 30.5 Å². The molecule has 0 spiro atoms. The standard InChI is InChI=1S/C14H17NOSi/c1-17(2,13-7-5-9-15-10-13)14-8-4-3-6-12(14)11-16/h3-10,16H,11H2,1-2H3. The summed E-state index contributed by atoms with van der Waals surface area (Å²) in [4.78, 5) is 4.20. The third kappa shape index (κ3) is 2.30. The molecule has 17 heavy (non-hydrogen) atoms. The van der Waals surface area contributed by atoms with Crippen LogP contribution < -0.4 is 10.4 Å². The van der Waals surface area contributed by atoms with Gasteiger partial charge < -0.3 is 5.11 Å². The van der Waals surface area contributed by atoms with Gasteiger partial charge in [0.2, 0.25) is 0 Å². The zero-order valence-electron chi connectivity index (χ0n) is 10.2. The molecule has 0 aliphatic carbocycles. The van der Waals surface area contributed by atoms with E-state index in [2.05, 4.69) is 30.2 Å². The van der Waals surface area contributed by atoms with Gasteiger partial charge in [0.1, 0.15) is 8.07 Å². The second kappa shape index (κ2) is 4.81. The van der Waals surface area contributed by atoms with E-state index in [1.54, 1.807) is 6.20 Å². The summed E-state index contributed by atoms with van der Waals surface area (Å²) in [6.45, 7) is 4.68. The minimum Gasteiger partial charge on any atom is -0.392 e. The van der Waals surface area contributed by atoms with Gasteiger partial charge in [0, 0.05) is 12.4 Å². The number of benzene rings is 1. The molecule has 0 saturated carbocycles. The van der Waals surface area contributed by atoms with Gasteiger partial charge in [0.25, 0.3) is 0 Å². The minimum absolute atomic E-state index is 0.104. The molecule has 0 saturated heterocycles. The van der Waals surface area contributed by atoms with Gasteiger partial charge in [0.15, 0.2) is 0 Å². The van der Waals surface area contributed by atoms with Crippen LogP contribution in [-0.4, -0.2) is 18.2 Å². The third-order valence-corrected chi connectivity index (χ3v) is 6.82. The number of aromatic nitrogens is 1. The number of hydrogen-bond acceptors (Lipinski definition) is 2. The lowest BCUT2D eigenvalue weighted by molar-refractivity contribution is 0.283. The molecule has 2 aromatic rings. The fourth-order valence-electron chi connectivity index (χ4n) is 2.16. The molecule has 0 aliphatic rings. The molecule has 0 aliphatic heterocycles. The third-order valence-electron chi connectivity index (χ3n) is 3.24. The molecular weight excluding hydrogens is 226 g/mol. The van der Waals surface area contributed by atoms with E-state index < -0.39 is 8.07 Å². The predicted octanol–water partition coefficient (Wildman–Crippen LogP) is 1.40. The Balaban J connectivity index is 2.51. The molecular formula is C14H17NOSi. The van der Waals surface area contributed by atoms with Gasteiger partial charge in [-0.3, -0.25) is 4.98 Å². The molecule has 1 N–H and O–H groups in total. The summed E-state index contributed by atoms with van der Waals surface area (Å²) in [7, 11) is -1.74. The van der Waals surface area contributed by atoms with Crippen LogP contribution in [0.4, 0.5) is 0 Å². The molecule has 0 fully saturated rings. The molecule has 2 rings (SSSR count). The summed E-state index contributed by atoms with van der Waals surface area (Å²) in [6, 6.07) is 12.3. The number of aliphatic hydroxyl groups excluding tert-OH is 1. The first kappa shape index (κ1) is 12.0. The zero-order chi connectivity index (χ0) is 12.3. The van der Waals surface area contributed by atoms with E-state index in [4.69, 9.17) is 0 Å². The maximum Gasteiger partial charge on any atom is 0.114 e. The van der Waals surface area contributed by atoms with Crippen LogP contribution in [0, 0.1) is 0 Å². The molecule has 2 nitrogen and oxygen atoms in total. The predicted molar refractivity (Wildman–Crippen MR) is 73.4 cm³/mol. The van der Waals surface area contributed by atoms with E-state index in [1.165, 1.54) is 10.4 Å². The van der Waals surface area contributed by atoms with Crippen molar-refractivity contribution in [3.8, 4) is 0 Å².